The highest BCUT2D eigenvalue weighted by atomic mass is 16.5. The summed E-state index contributed by atoms with van der Waals surface area (Å²) >= 11 is 0. The Hall–Kier alpha value is -0.900. The zero-order valence-electron chi connectivity index (χ0n) is 20.7. The minimum Gasteiger partial charge on any atom is -0.379 e. The standard InChI is InChI=1S/C28H51NO2/c1-3-28(31-25-27-21-17-16-18-22-27)26-30-24-20-15-13-11-9-7-5-4-6-8-10-12-14-19-23-29-2/h16-18,21-22,28-29H,3-15,19-20,23-26H2,1-2H3. The van der Waals surface area contributed by atoms with E-state index in [0.29, 0.717) is 6.61 Å². The second-order valence-corrected chi connectivity index (χ2v) is 8.96. The second-order valence-electron chi connectivity index (χ2n) is 8.96. The molecule has 1 aromatic carbocycles. The van der Waals surface area contributed by atoms with Gasteiger partial charge in [-0.2, -0.15) is 0 Å². The van der Waals surface area contributed by atoms with Crippen LogP contribution in [0.1, 0.15) is 109 Å². The van der Waals surface area contributed by atoms with Crippen molar-refractivity contribution in [3.8, 4) is 0 Å². The Morgan fingerprint density at radius 2 is 1.23 bits per heavy atom. The molecule has 180 valence electrons. The van der Waals surface area contributed by atoms with Gasteiger partial charge in [0.15, 0.2) is 0 Å². The van der Waals surface area contributed by atoms with Gasteiger partial charge in [0.05, 0.1) is 19.3 Å². The van der Waals surface area contributed by atoms with Gasteiger partial charge >= 0.3 is 0 Å². The fourth-order valence-corrected chi connectivity index (χ4v) is 3.91. The number of hydrogen-bond acceptors (Lipinski definition) is 3. The summed E-state index contributed by atoms with van der Waals surface area (Å²) in [5.74, 6) is 0. The highest BCUT2D eigenvalue weighted by Gasteiger charge is 2.07. The fourth-order valence-electron chi connectivity index (χ4n) is 3.91. The van der Waals surface area contributed by atoms with Gasteiger partial charge in [-0.1, -0.05) is 114 Å². The third-order valence-electron chi connectivity index (χ3n) is 6.05. The van der Waals surface area contributed by atoms with Crippen LogP contribution in [0.25, 0.3) is 0 Å². The van der Waals surface area contributed by atoms with Gasteiger partial charge in [0.1, 0.15) is 0 Å². The van der Waals surface area contributed by atoms with E-state index in [9.17, 15) is 0 Å². The number of hydrogen-bond donors (Lipinski definition) is 1. The van der Waals surface area contributed by atoms with Crippen LogP contribution >= 0.6 is 0 Å². The molecule has 1 aromatic rings. The maximum atomic E-state index is 5.98. The van der Waals surface area contributed by atoms with E-state index in [4.69, 9.17) is 9.47 Å². The van der Waals surface area contributed by atoms with Crippen molar-refractivity contribution in [2.24, 2.45) is 0 Å². The molecule has 1 N–H and O–H groups in total. The Morgan fingerprint density at radius 1 is 0.710 bits per heavy atom. The summed E-state index contributed by atoms with van der Waals surface area (Å²) in [6.45, 7) is 5.63. The van der Waals surface area contributed by atoms with E-state index in [-0.39, 0.29) is 6.10 Å². The van der Waals surface area contributed by atoms with E-state index < -0.39 is 0 Å². The molecule has 0 aromatic heterocycles. The highest BCUT2D eigenvalue weighted by Crippen LogP contribution is 2.13. The van der Waals surface area contributed by atoms with E-state index in [1.54, 1.807) is 0 Å². The molecule has 0 saturated carbocycles. The summed E-state index contributed by atoms with van der Waals surface area (Å²) in [6.07, 6.45) is 20.6. The summed E-state index contributed by atoms with van der Waals surface area (Å²) in [6, 6.07) is 10.4. The maximum absolute atomic E-state index is 5.98. The minimum absolute atomic E-state index is 0.207. The van der Waals surface area contributed by atoms with E-state index in [1.165, 1.54) is 102 Å². The van der Waals surface area contributed by atoms with Crippen molar-refractivity contribution < 1.29 is 9.47 Å². The Morgan fingerprint density at radius 3 is 1.74 bits per heavy atom. The van der Waals surface area contributed by atoms with Crippen molar-refractivity contribution in [1.29, 1.82) is 0 Å². The Bertz CT molecular complexity index is 465. The third-order valence-corrected chi connectivity index (χ3v) is 6.05. The van der Waals surface area contributed by atoms with Crippen LogP contribution in [0.3, 0.4) is 0 Å². The summed E-state index contributed by atoms with van der Waals surface area (Å²) in [7, 11) is 2.04. The average molecular weight is 434 g/mol. The van der Waals surface area contributed by atoms with Gasteiger partial charge in [-0.25, -0.2) is 0 Å². The van der Waals surface area contributed by atoms with Crippen LogP contribution in [0.4, 0.5) is 0 Å². The Labute approximate surface area is 193 Å². The van der Waals surface area contributed by atoms with Crippen LogP contribution in [0.15, 0.2) is 30.3 Å². The predicted octanol–water partition coefficient (Wildman–Crippen LogP) is 7.68. The molecule has 0 spiro atoms. The van der Waals surface area contributed by atoms with Crippen molar-refractivity contribution in [1.82, 2.24) is 5.32 Å². The zero-order valence-corrected chi connectivity index (χ0v) is 20.7. The van der Waals surface area contributed by atoms with Crippen LogP contribution in [0.5, 0.6) is 0 Å². The van der Waals surface area contributed by atoms with Crippen molar-refractivity contribution in [3.05, 3.63) is 35.9 Å². The van der Waals surface area contributed by atoms with Crippen molar-refractivity contribution in [3.63, 3.8) is 0 Å². The fraction of sp³-hybridized carbons (Fsp3) is 0.786. The predicted molar refractivity (Wildman–Crippen MR) is 135 cm³/mol. The number of benzene rings is 1. The van der Waals surface area contributed by atoms with E-state index >= 15 is 0 Å². The minimum atomic E-state index is 0.207. The molecule has 0 fully saturated rings. The van der Waals surface area contributed by atoms with Gasteiger partial charge < -0.3 is 14.8 Å². The van der Waals surface area contributed by atoms with Crippen molar-refractivity contribution >= 4 is 0 Å². The molecular formula is C28H51NO2. The van der Waals surface area contributed by atoms with E-state index in [0.717, 1.165) is 19.6 Å². The van der Waals surface area contributed by atoms with Crippen molar-refractivity contribution in [2.45, 2.75) is 116 Å². The lowest BCUT2D eigenvalue weighted by Crippen LogP contribution is -2.19. The molecule has 0 aliphatic heterocycles. The summed E-state index contributed by atoms with van der Waals surface area (Å²) in [5, 5.41) is 3.22. The first-order valence-electron chi connectivity index (χ1n) is 13.2. The monoisotopic (exact) mass is 433 g/mol. The van der Waals surface area contributed by atoms with E-state index in [2.05, 4.69) is 36.5 Å². The van der Waals surface area contributed by atoms with Gasteiger partial charge in [0.25, 0.3) is 0 Å². The number of rotatable bonds is 23. The molecular weight excluding hydrogens is 382 g/mol. The number of unbranched alkanes of at least 4 members (excludes halogenated alkanes) is 13. The lowest BCUT2D eigenvalue weighted by atomic mass is 10.0. The first kappa shape index (κ1) is 28.1. The van der Waals surface area contributed by atoms with E-state index in [1.807, 2.05) is 13.1 Å². The molecule has 3 heteroatoms. The van der Waals surface area contributed by atoms with Crippen LogP contribution in [0, 0.1) is 0 Å². The smallest absolute Gasteiger partial charge is 0.0810 e. The molecule has 1 unspecified atom stereocenters. The maximum Gasteiger partial charge on any atom is 0.0810 e. The van der Waals surface area contributed by atoms with Crippen LogP contribution in [-0.2, 0) is 16.1 Å². The lowest BCUT2D eigenvalue weighted by molar-refractivity contribution is -0.0269. The summed E-state index contributed by atoms with van der Waals surface area (Å²) in [5.41, 5.74) is 1.23. The van der Waals surface area contributed by atoms with Gasteiger partial charge in [0, 0.05) is 6.61 Å². The zero-order chi connectivity index (χ0) is 22.2. The van der Waals surface area contributed by atoms with Gasteiger partial charge in [-0.15, -0.1) is 0 Å². The molecule has 0 aliphatic carbocycles. The molecule has 0 amide bonds. The van der Waals surface area contributed by atoms with Gasteiger partial charge in [-0.3, -0.25) is 0 Å². The third kappa shape index (κ3) is 18.4. The topological polar surface area (TPSA) is 30.5 Å². The largest absolute Gasteiger partial charge is 0.379 e. The molecule has 0 saturated heterocycles. The normalized spacial score (nSPS) is 12.3. The molecule has 0 radical (unpaired) electrons. The first-order valence-corrected chi connectivity index (χ1v) is 13.2. The Kier molecular flexibility index (Phi) is 20.2. The second kappa shape index (κ2) is 22.3. The molecule has 3 nitrogen and oxygen atoms in total. The SMILES string of the molecule is CCC(COCCCCCCCCCCCCCCCCNC)OCc1ccccc1. The van der Waals surface area contributed by atoms with Gasteiger partial charge in [-0.05, 0) is 38.4 Å². The van der Waals surface area contributed by atoms with Crippen molar-refractivity contribution in [2.75, 3.05) is 26.8 Å². The molecule has 1 atom stereocenters. The number of nitrogens with one attached hydrogen (secondary N) is 1. The lowest BCUT2D eigenvalue weighted by Gasteiger charge is -2.16. The van der Waals surface area contributed by atoms with Crippen LogP contribution in [-0.4, -0.2) is 32.9 Å². The molecule has 1 rings (SSSR count). The molecule has 31 heavy (non-hydrogen) atoms. The average Bonchev–Trinajstić information content (AvgIpc) is 2.81. The Balaban J connectivity index is 1.78. The number of ether oxygens (including phenoxy) is 2. The summed E-state index contributed by atoms with van der Waals surface area (Å²) < 4.78 is 11.8. The van der Waals surface area contributed by atoms with Crippen LogP contribution in [0.2, 0.25) is 0 Å². The molecule has 0 aliphatic rings. The first-order chi connectivity index (χ1) is 15.4. The quantitative estimate of drug-likeness (QED) is 0.179. The van der Waals surface area contributed by atoms with Gasteiger partial charge in [0.2, 0.25) is 0 Å². The van der Waals surface area contributed by atoms with Crippen LogP contribution < -0.4 is 5.32 Å². The highest BCUT2D eigenvalue weighted by molar-refractivity contribution is 5.13. The molecule has 0 bridgehead atoms. The molecule has 0 heterocycles. The summed E-state index contributed by atoms with van der Waals surface area (Å²) in [4.78, 5) is 0.